The fourth-order valence-electron chi connectivity index (χ4n) is 2.80. The monoisotopic (exact) mass is 437 g/mol. The number of hydrogen-bond donors (Lipinski definition) is 1. The number of aromatic nitrogens is 2. The largest absolute Gasteiger partial charge is 0.319 e. The number of ketones is 1. The average Bonchev–Trinajstić information content (AvgIpc) is 3.00. The van der Waals surface area contributed by atoms with Crippen molar-refractivity contribution in [3.8, 4) is 0 Å². The molecule has 0 atom stereocenters. The number of aryl methyl sites for hydroxylation is 1. The van der Waals surface area contributed by atoms with Crippen LogP contribution >= 0.6 is 23.4 Å². The van der Waals surface area contributed by atoms with Gasteiger partial charge in [-0.25, -0.2) is 18.5 Å². The van der Waals surface area contributed by atoms with Crippen LogP contribution in [0.3, 0.4) is 0 Å². The summed E-state index contributed by atoms with van der Waals surface area (Å²) in [6, 6.07) is 11.6. The minimum absolute atomic E-state index is 0.0174. The van der Waals surface area contributed by atoms with E-state index in [2.05, 4.69) is 11.9 Å². The van der Waals surface area contributed by atoms with Crippen molar-refractivity contribution in [2.75, 3.05) is 5.75 Å². The van der Waals surface area contributed by atoms with Crippen LogP contribution in [0.5, 0.6) is 0 Å². The number of thioether (sulfide) groups is 1. The maximum atomic E-state index is 12.5. The first-order valence-corrected chi connectivity index (χ1v) is 11.7. The molecule has 0 aliphatic carbocycles. The van der Waals surface area contributed by atoms with Crippen molar-refractivity contribution < 1.29 is 13.2 Å². The lowest BCUT2D eigenvalue weighted by Crippen LogP contribution is -2.11. The van der Waals surface area contributed by atoms with Crippen LogP contribution in [0, 0.1) is 0 Å². The molecular formula is C19H20ClN3O3S2. The summed E-state index contributed by atoms with van der Waals surface area (Å²) in [7, 11) is -3.81. The van der Waals surface area contributed by atoms with E-state index in [9.17, 15) is 13.2 Å². The number of fused-ring (bicyclic) bond motifs is 1. The van der Waals surface area contributed by atoms with Crippen LogP contribution in [0.25, 0.3) is 11.0 Å². The molecule has 3 aromatic rings. The van der Waals surface area contributed by atoms with Crippen molar-refractivity contribution in [3.63, 3.8) is 0 Å². The number of unbranched alkanes of at least 4 members (excludes halogenated alkanes) is 1. The summed E-state index contributed by atoms with van der Waals surface area (Å²) in [6.45, 7) is 2.82. The summed E-state index contributed by atoms with van der Waals surface area (Å²) in [5.74, 6) is 0.0937. The lowest BCUT2D eigenvalue weighted by atomic mass is 10.1. The predicted molar refractivity (Wildman–Crippen MR) is 113 cm³/mol. The van der Waals surface area contributed by atoms with Crippen LogP contribution in [0.4, 0.5) is 0 Å². The summed E-state index contributed by atoms with van der Waals surface area (Å²) in [4.78, 5) is 17.1. The third-order valence-electron chi connectivity index (χ3n) is 4.26. The van der Waals surface area contributed by atoms with E-state index in [1.54, 1.807) is 30.3 Å². The molecule has 0 radical (unpaired) electrons. The summed E-state index contributed by atoms with van der Waals surface area (Å²) in [5, 5.41) is 6.31. The number of carbonyl (C=O) groups excluding carboxylic acids is 1. The molecule has 0 aliphatic heterocycles. The molecule has 0 unspecified atom stereocenters. The van der Waals surface area contributed by atoms with Crippen LogP contribution in [-0.4, -0.2) is 29.5 Å². The quantitative estimate of drug-likeness (QED) is 0.422. The van der Waals surface area contributed by atoms with Crippen LogP contribution in [0.1, 0.15) is 30.1 Å². The molecule has 1 heterocycles. The Kier molecular flexibility index (Phi) is 6.44. The van der Waals surface area contributed by atoms with Crippen LogP contribution in [0.15, 0.2) is 52.5 Å². The van der Waals surface area contributed by atoms with E-state index in [4.69, 9.17) is 16.7 Å². The molecule has 0 amide bonds. The fourth-order valence-corrected chi connectivity index (χ4v) is 4.50. The van der Waals surface area contributed by atoms with E-state index in [0.29, 0.717) is 21.3 Å². The van der Waals surface area contributed by atoms with E-state index in [1.807, 2.05) is 4.57 Å². The Balaban J connectivity index is 1.92. The van der Waals surface area contributed by atoms with E-state index < -0.39 is 10.0 Å². The summed E-state index contributed by atoms with van der Waals surface area (Å²) >= 11 is 7.42. The number of hydrogen-bond acceptors (Lipinski definition) is 5. The van der Waals surface area contributed by atoms with Gasteiger partial charge in [0, 0.05) is 12.1 Å². The zero-order chi connectivity index (χ0) is 20.3. The van der Waals surface area contributed by atoms with Gasteiger partial charge in [0.2, 0.25) is 10.0 Å². The highest BCUT2D eigenvalue weighted by atomic mass is 35.5. The molecular weight excluding hydrogens is 418 g/mol. The Labute approximate surface area is 173 Å². The van der Waals surface area contributed by atoms with Gasteiger partial charge in [-0.1, -0.05) is 48.8 Å². The highest BCUT2D eigenvalue weighted by Crippen LogP contribution is 2.28. The molecule has 0 fully saturated rings. The maximum absolute atomic E-state index is 12.5. The highest BCUT2D eigenvalue weighted by Gasteiger charge is 2.17. The average molecular weight is 438 g/mol. The smallest absolute Gasteiger partial charge is 0.238 e. The molecule has 0 saturated heterocycles. The zero-order valence-electron chi connectivity index (χ0n) is 15.3. The number of nitrogens with zero attached hydrogens (tertiary/aromatic N) is 2. The number of benzene rings is 2. The Morgan fingerprint density at radius 1 is 1.25 bits per heavy atom. The number of carbonyl (C=O) groups is 1. The third-order valence-corrected chi connectivity index (χ3v) is 6.47. The second-order valence-corrected chi connectivity index (χ2v) is 9.20. The van der Waals surface area contributed by atoms with Crippen molar-refractivity contribution in [1.29, 1.82) is 0 Å². The first-order valence-electron chi connectivity index (χ1n) is 8.75. The van der Waals surface area contributed by atoms with Crippen molar-refractivity contribution in [1.82, 2.24) is 9.55 Å². The van der Waals surface area contributed by atoms with E-state index >= 15 is 0 Å². The number of halogens is 1. The lowest BCUT2D eigenvalue weighted by Gasteiger charge is -2.08. The minimum Gasteiger partial charge on any atom is -0.319 e. The van der Waals surface area contributed by atoms with Gasteiger partial charge in [0.05, 0.1) is 26.7 Å². The molecule has 0 aliphatic rings. The first-order chi connectivity index (χ1) is 13.3. The lowest BCUT2D eigenvalue weighted by molar-refractivity contribution is 0.102. The predicted octanol–water partition coefficient (Wildman–Crippen LogP) is 4.11. The fraction of sp³-hybridized carbons (Fsp3) is 0.263. The number of sulfonamides is 1. The van der Waals surface area contributed by atoms with Crippen molar-refractivity contribution in [2.45, 2.75) is 36.4 Å². The van der Waals surface area contributed by atoms with E-state index in [0.717, 1.165) is 24.9 Å². The second-order valence-electron chi connectivity index (χ2n) is 6.29. The zero-order valence-corrected chi connectivity index (χ0v) is 17.6. The molecule has 28 heavy (non-hydrogen) atoms. The van der Waals surface area contributed by atoms with E-state index in [1.165, 1.54) is 23.9 Å². The standard InChI is InChI=1S/C19H20ClN3O3S2/c1-2-3-10-23-17-9-8-13(28(21,25)26)11-16(17)22-19(23)27-12-18(24)14-6-4-5-7-15(14)20/h4-9,11H,2-3,10,12H2,1H3,(H2,21,25,26). The molecule has 9 heteroatoms. The summed E-state index contributed by atoms with van der Waals surface area (Å²) in [5.41, 5.74) is 1.83. The van der Waals surface area contributed by atoms with Gasteiger partial charge in [-0.15, -0.1) is 0 Å². The van der Waals surface area contributed by atoms with Gasteiger partial charge < -0.3 is 4.57 Å². The topological polar surface area (TPSA) is 95.0 Å². The number of imidazole rings is 1. The molecule has 0 saturated carbocycles. The summed E-state index contributed by atoms with van der Waals surface area (Å²) in [6.07, 6.45) is 1.94. The third kappa shape index (κ3) is 4.57. The van der Waals surface area contributed by atoms with Gasteiger partial charge in [0.15, 0.2) is 10.9 Å². The molecule has 2 N–H and O–H groups in total. The Bertz CT molecular complexity index is 1130. The molecule has 0 spiro atoms. The molecule has 2 aromatic carbocycles. The molecule has 3 rings (SSSR count). The number of primary sulfonamides is 1. The molecule has 1 aromatic heterocycles. The SMILES string of the molecule is CCCCn1c(SCC(=O)c2ccccc2Cl)nc2cc(S(N)(=O)=O)ccc21. The van der Waals surface area contributed by atoms with Crippen LogP contribution in [0.2, 0.25) is 5.02 Å². The van der Waals surface area contributed by atoms with Gasteiger partial charge in [-0.2, -0.15) is 0 Å². The first kappa shape index (κ1) is 20.9. The maximum Gasteiger partial charge on any atom is 0.238 e. The van der Waals surface area contributed by atoms with Crippen molar-refractivity contribution in [3.05, 3.63) is 53.1 Å². The van der Waals surface area contributed by atoms with Gasteiger partial charge in [0.25, 0.3) is 0 Å². The molecule has 0 bridgehead atoms. The van der Waals surface area contributed by atoms with Gasteiger partial charge in [-0.05, 0) is 36.8 Å². The normalized spacial score (nSPS) is 11.8. The summed E-state index contributed by atoms with van der Waals surface area (Å²) < 4.78 is 25.3. The Morgan fingerprint density at radius 2 is 2.00 bits per heavy atom. The molecule has 148 valence electrons. The van der Waals surface area contributed by atoms with Gasteiger partial charge >= 0.3 is 0 Å². The second kappa shape index (κ2) is 8.65. The minimum atomic E-state index is -3.81. The number of Topliss-reactive ketones (excluding diaryl/α,β-unsaturated/α-hetero) is 1. The number of rotatable bonds is 8. The Hall–Kier alpha value is -1.87. The Morgan fingerprint density at radius 3 is 2.68 bits per heavy atom. The molecule has 6 nitrogen and oxygen atoms in total. The van der Waals surface area contributed by atoms with Crippen LogP contribution < -0.4 is 5.14 Å². The van der Waals surface area contributed by atoms with Crippen molar-refractivity contribution >= 4 is 50.2 Å². The van der Waals surface area contributed by atoms with Gasteiger partial charge in [-0.3, -0.25) is 4.79 Å². The van der Waals surface area contributed by atoms with E-state index in [-0.39, 0.29) is 16.4 Å². The van der Waals surface area contributed by atoms with Crippen LogP contribution in [-0.2, 0) is 16.6 Å². The number of nitrogens with two attached hydrogens (primary N) is 1. The highest BCUT2D eigenvalue weighted by molar-refractivity contribution is 7.99. The van der Waals surface area contributed by atoms with Gasteiger partial charge in [0.1, 0.15) is 0 Å². The van der Waals surface area contributed by atoms with Crippen molar-refractivity contribution in [2.24, 2.45) is 5.14 Å².